The summed E-state index contributed by atoms with van der Waals surface area (Å²) in [5.74, 6) is -1.24. The molecule has 0 spiro atoms. The first-order chi connectivity index (χ1) is 12.8. The molecule has 2 fully saturated rings. The van der Waals surface area contributed by atoms with Crippen LogP contribution < -0.4 is 10.1 Å². The molecule has 2 aliphatic rings. The standard InChI is InChI=1S/C18H25F3N4O2/c1-11-7-15(24-17(22-11)27-2)23-14-10-25(9-13(14)18(19,20)21)16(26)8-12-5-3-4-6-12/h7,12-14H,3-6,8-10H2,1-2H3,(H,22,23,24)/t13-,14-/m1/s1. The van der Waals surface area contributed by atoms with Crippen molar-refractivity contribution in [3.63, 3.8) is 0 Å². The molecular weight excluding hydrogens is 361 g/mol. The molecule has 0 bridgehead atoms. The number of alkyl halides is 3. The van der Waals surface area contributed by atoms with E-state index in [1.807, 2.05) is 0 Å². The van der Waals surface area contributed by atoms with Gasteiger partial charge in [-0.1, -0.05) is 12.8 Å². The summed E-state index contributed by atoms with van der Waals surface area (Å²) in [6.45, 7) is 1.41. The van der Waals surface area contributed by atoms with Gasteiger partial charge in [0.2, 0.25) is 5.91 Å². The molecule has 1 aliphatic heterocycles. The Labute approximate surface area is 156 Å². The molecule has 2 atom stereocenters. The Morgan fingerprint density at radius 1 is 1.30 bits per heavy atom. The fourth-order valence-electron chi connectivity index (χ4n) is 3.97. The van der Waals surface area contributed by atoms with Gasteiger partial charge in [-0.2, -0.15) is 18.2 Å². The third-order valence-electron chi connectivity index (χ3n) is 5.38. The van der Waals surface area contributed by atoms with Crippen molar-refractivity contribution < 1.29 is 22.7 Å². The molecular formula is C18H25F3N4O2. The maximum Gasteiger partial charge on any atom is 0.395 e. The number of methoxy groups -OCH3 is 1. The topological polar surface area (TPSA) is 67.3 Å². The Morgan fingerprint density at radius 3 is 2.63 bits per heavy atom. The Balaban J connectivity index is 1.72. The largest absolute Gasteiger partial charge is 0.467 e. The van der Waals surface area contributed by atoms with E-state index in [1.54, 1.807) is 13.0 Å². The van der Waals surface area contributed by atoms with Gasteiger partial charge in [0.05, 0.1) is 19.1 Å². The van der Waals surface area contributed by atoms with E-state index in [0.717, 1.165) is 25.7 Å². The van der Waals surface area contributed by atoms with Gasteiger partial charge < -0.3 is 15.0 Å². The molecule has 9 heteroatoms. The highest BCUT2D eigenvalue weighted by atomic mass is 19.4. The van der Waals surface area contributed by atoms with Crippen molar-refractivity contribution in [1.82, 2.24) is 14.9 Å². The number of halogens is 3. The van der Waals surface area contributed by atoms with Crippen LogP contribution in [0.1, 0.15) is 37.8 Å². The number of nitrogens with one attached hydrogen (secondary N) is 1. The van der Waals surface area contributed by atoms with Crippen molar-refractivity contribution in [3.8, 4) is 6.01 Å². The van der Waals surface area contributed by atoms with E-state index in [0.29, 0.717) is 18.0 Å². The van der Waals surface area contributed by atoms with Crippen molar-refractivity contribution in [2.24, 2.45) is 11.8 Å². The predicted octanol–water partition coefficient (Wildman–Crippen LogP) is 3.18. The zero-order valence-corrected chi connectivity index (χ0v) is 15.6. The van der Waals surface area contributed by atoms with Gasteiger partial charge in [0.25, 0.3) is 0 Å². The number of nitrogens with zero attached hydrogens (tertiary/aromatic N) is 3. The average Bonchev–Trinajstić information content (AvgIpc) is 3.23. The molecule has 0 radical (unpaired) electrons. The smallest absolute Gasteiger partial charge is 0.395 e. The molecule has 27 heavy (non-hydrogen) atoms. The molecule has 2 heterocycles. The SMILES string of the molecule is COc1nc(C)cc(N[C@@H]2CN(C(=O)CC3CCCC3)C[C@H]2C(F)(F)F)n1. The number of carbonyl (C=O) groups is 1. The highest BCUT2D eigenvalue weighted by molar-refractivity contribution is 5.77. The normalized spacial score (nSPS) is 23.7. The van der Waals surface area contributed by atoms with Crippen LogP contribution in [0.5, 0.6) is 6.01 Å². The molecule has 1 aromatic rings. The number of hydrogen-bond donors (Lipinski definition) is 1. The Bertz CT molecular complexity index is 677. The Morgan fingerprint density at radius 2 is 2.00 bits per heavy atom. The third-order valence-corrected chi connectivity index (χ3v) is 5.38. The van der Waals surface area contributed by atoms with Crippen LogP contribution in [-0.4, -0.2) is 53.2 Å². The number of aromatic nitrogens is 2. The molecule has 1 amide bonds. The van der Waals surface area contributed by atoms with Gasteiger partial charge >= 0.3 is 12.2 Å². The van der Waals surface area contributed by atoms with Gasteiger partial charge in [-0.25, -0.2) is 4.98 Å². The first-order valence-electron chi connectivity index (χ1n) is 9.27. The van der Waals surface area contributed by atoms with E-state index < -0.39 is 18.1 Å². The van der Waals surface area contributed by atoms with Crippen molar-refractivity contribution in [2.45, 2.75) is 51.2 Å². The van der Waals surface area contributed by atoms with Crippen LogP contribution >= 0.6 is 0 Å². The minimum atomic E-state index is -4.40. The highest BCUT2D eigenvalue weighted by Crippen LogP contribution is 2.36. The molecule has 1 aliphatic carbocycles. The minimum Gasteiger partial charge on any atom is -0.467 e. The summed E-state index contributed by atoms with van der Waals surface area (Å²) >= 11 is 0. The van der Waals surface area contributed by atoms with Crippen LogP contribution in [0.4, 0.5) is 19.0 Å². The molecule has 0 unspecified atom stereocenters. The first kappa shape index (κ1) is 19.7. The molecule has 3 rings (SSSR count). The fraction of sp³-hybridized carbons (Fsp3) is 0.722. The van der Waals surface area contributed by atoms with Gasteiger partial charge in [0.15, 0.2) is 0 Å². The molecule has 0 aromatic carbocycles. The summed E-state index contributed by atoms with van der Waals surface area (Å²) in [7, 11) is 1.40. The summed E-state index contributed by atoms with van der Waals surface area (Å²) in [5, 5.41) is 2.85. The quantitative estimate of drug-likeness (QED) is 0.842. The highest BCUT2D eigenvalue weighted by Gasteiger charge is 2.51. The Hall–Kier alpha value is -2.06. The lowest BCUT2D eigenvalue weighted by Gasteiger charge is -2.22. The van der Waals surface area contributed by atoms with Crippen molar-refractivity contribution in [2.75, 3.05) is 25.5 Å². The zero-order valence-electron chi connectivity index (χ0n) is 15.6. The van der Waals surface area contributed by atoms with Gasteiger partial charge in [-0.05, 0) is 25.7 Å². The summed E-state index contributed by atoms with van der Waals surface area (Å²) in [4.78, 5) is 22.0. The van der Waals surface area contributed by atoms with Crippen LogP contribution in [-0.2, 0) is 4.79 Å². The second kappa shape index (κ2) is 7.90. The second-order valence-corrected chi connectivity index (χ2v) is 7.43. The Kier molecular flexibility index (Phi) is 5.76. The van der Waals surface area contributed by atoms with Gasteiger partial charge in [-0.15, -0.1) is 0 Å². The number of likely N-dealkylation sites (tertiary alicyclic amines) is 1. The van der Waals surface area contributed by atoms with Gasteiger partial charge in [0, 0.05) is 31.3 Å². The summed E-state index contributed by atoms with van der Waals surface area (Å²) in [5.41, 5.74) is 0.583. The lowest BCUT2D eigenvalue weighted by atomic mass is 10.0. The number of hydrogen-bond acceptors (Lipinski definition) is 5. The molecule has 1 saturated carbocycles. The maximum absolute atomic E-state index is 13.5. The zero-order chi connectivity index (χ0) is 19.6. The number of ether oxygens (including phenoxy) is 1. The molecule has 1 saturated heterocycles. The molecule has 150 valence electrons. The second-order valence-electron chi connectivity index (χ2n) is 7.43. The van der Waals surface area contributed by atoms with Gasteiger partial charge in [0.1, 0.15) is 5.82 Å². The first-order valence-corrected chi connectivity index (χ1v) is 9.27. The fourth-order valence-corrected chi connectivity index (χ4v) is 3.97. The van der Waals surface area contributed by atoms with Gasteiger partial charge in [-0.3, -0.25) is 4.79 Å². The summed E-state index contributed by atoms with van der Waals surface area (Å²) < 4.78 is 45.6. The van der Waals surface area contributed by atoms with Crippen LogP contribution in [0.2, 0.25) is 0 Å². The molecule has 6 nitrogen and oxygen atoms in total. The average molecular weight is 386 g/mol. The van der Waals surface area contributed by atoms with E-state index in [9.17, 15) is 18.0 Å². The van der Waals surface area contributed by atoms with E-state index in [-0.39, 0.29) is 30.8 Å². The van der Waals surface area contributed by atoms with E-state index in [2.05, 4.69) is 15.3 Å². The van der Waals surface area contributed by atoms with Crippen molar-refractivity contribution in [3.05, 3.63) is 11.8 Å². The van der Waals surface area contributed by atoms with Crippen LogP contribution in [0.25, 0.3) is 0 Å². The summed E-state index contributed by atoms with van der Waals surface area (Å²) in [6.07, 6.45) is 0.127. The van der Waals surface area contributed by atoms with Crippen molar-refractivity contribution in [1.29, 1.82) is 0 Å². The lowest BCUT2D eigenvalue weighted by Crippen LogP contribution is -2.38. The number of rotatable bonds is 5. The molecule has 1 N–H and O–H groups in total. The van der Waals surface area contributed by atoms with E-state index in [1.165, 1.54) is 12.0 Å². The number of amides is 1. The number of carbonyl (C=O) groups excluding carboxylic acids is 1. The van der Waals surface area contributed by atoms with Crippen LogP contribution in [0.15, 0.2) is 6.07 Å². The lowest BCUT2D eigenvalue weighted by molar-refractivity contribution is -0.172. The number of aryl methyl sites for hydroxylation is 1. The number of anilines is 1. The summed E-state index contributed by atoms with van der Waals surface area (Å²) in [6, 6.07) is 0.712. The van der Waals surface area contributed by atoms with Crippen LogP contribution in [0, 0.1) is 18.8 Å². The monoisotopic (exact) mass is 386 g/mol. The van der Waals surface area contributed by atoms with Crippen molar-refractivity contribution >= 4 is 11.7 Å². The third kappa shape index (κ3) is 4.81. The van der Waals surface area contributed by atoms with E-state index in [4.69, 9.17) is 4.74 Å². The molecule has 1 aromatic heterocycles. The van der Waals surface area contributed by atoms with E-state index >= 15 is 0 Å². The minimum absolute atomic E-state index is 0.0150. The predicted molar refractivity (Wildman–Crippen MR) is 93.4 cm³/mol. The van der Waals surface area contributed by atoms with Crippen LogP contribution in [0.3, 0.4) is 0 Å². The maximum atomic E-state index is 13.5.